The van der Waals surface area contributed by atoms with Gasteiger partial charge in [-0.3, -0.25) is 17.8 Å². The van der Waals surface area contributed by atoms with Crippen LogP contribution in [-0.2, 0) is 32.4 Å². The molecule has 1 aliphatic rings. The maximum Gasteiger partial charge on any atom is 0.475 e. The lowest BCUT2D eigenvalue weighted by molar-refractivity contribution is 0.0696. The molecule has 0 aromatic carbocycles. The molecule has 1 aliphatic heterocycles. The summed E-state index contributed by atoms with van der Waals surface area (Å²) < 4.78 is 55.0. The summed E-state index contributed by atoms with van der Waals surface area (Å²) in [4.78, 5) is 0. The molecule has 1 fully saturated rings. The average Bonchev–Trinajstić information content (AvgIpc) is 2.33. The summed E-state index contributed by atoms with van der Waals surface area (Å²) in [7, 11) is -7.30. The molecule has 19 heavy (non-hydrogen) atoms. The minimum Gasteiger partial charge on any atom is -0.287 e. The molecule has 0 aliphatic carbocycles. The van der Waals surface area contributed by atoms with Gasteiger partial charge in [-0.15, -0.1) is 0 Å². The third-order valence-electron chi connectivity index (χ3n) is 2.28. The summed E-state index contributed by atoms with van der Waals surface area (Å²) in [5.41, 5.74) is 0. The normalized spacial score (nSPS) is 23.4. The van der Waals surface area contributed by atoms with Crippen LogP contribution >= 0.6 is 7.82 Å². The van der Waals surface area contributed by atoms with Gasteiger partial charge in [-0.25, -0.2) is 4.57 Å². The molecule has 0 aromatic heterocycles. The molecule has 0 saturated carbocycles. The minimum absolute atomic E-state index is 0.0224. The smallest absolute Gasteiger partial charge is 0.287 e. The fourth-order valence-corrected chi connectivity index (χ4v) is 4.23. The van der Waals surface area contributed by atoms with Crippen molar-refractivity contribution in [1.29, 1.82) is 0 Å². The van der Waals surface area contributed by atoms with Crippen molar-refractivity contribution in [3.8, 4) is 0 Å². The van der Waals surface area contributed by atoms with Gasteiger partial charge >= 0.3 is 7.82 Å². The van der Waals surface area contributed by atoms with Crippen molar-refractivity contribution in [3.63, 3.8) is 0 Å². The molecule has 1 unspecified atom stereocenters. The molecule has 114 valence electrons. The van der Waals surface area contributed by atoms with Gasteiger partial charge in [0.25, 0.3) is 10.1 Å². The zero-order chi connectivity index (χ0) is 14.4. The predicted molar refractivity (Wildman–Crippen MR) is 69.3 cm³/mol. The second-order valence-electron chi connectivity index (χ2n) is 4.18. The Morgan fingerprint density at radius 3 is 2.26 bits per heavy atom. The largest absolute Gasteiger partial charge is 0.475 e. The maximum absolute atomic E-state index is 12.3. The van der Waals surface area contributed by atoms with E-state index in [0.717, 1.165) is 0 Å². The first-order valence-electron chi connectivity index (χ1n) is 6.35. The van der Waals surface area contributed by atoms with E-state index in [1.807, 2.05) is 13.8 Å². The van der Waals surface area contributed by atoms with Crippen molar-refractivity contribution in [3.05, 3.63) is 0 Å². The Morgan fingerprint density at radius 1 is 1.21 bits per heavy atom. The first-order valence-corrected chi connectivity index (χ1v) is 9.39. The highest BCUT2D eigenvalue weighted by atomic mass is 32.2. The van der Waals surface area contributed by atoms with Crippen LogP contribution in [0.3, 0.4) is 0 Å². The lowest BCUT2D eigenvalue weighted by atomic mass is 10.3. The second kappa shape index (κ2) is 7.71. The van der Waals surface area contributed by atoms with Gasteiger partial charge in [-0.05, 0) is 12.8 Å². The molecule has 1 rings (SSSR count). The first-order chi connectivity index (χ1) is 8.91. The van der Waals surface area contributed by atoms with Crippen molar-refractivity contribution in [2.75, 3.05) is 25.6 Å². The van der Waals surface area contributed by atoms with Crippen LogP contribution in [0.5, 0.6) is 0 Å². The van der Waals surface area contributed by atoms with Gasteiger partial charge in [-0.1, -0.05) is 13.8 Å². The van der Waals surface area contributed by atoms with Crippen molar-refractivity contribution < 1.29 is 30.7 Å². The summed E-state index contributed by atoms with van der Waals surface area (Å²) in [5, 5.41) is 0. The molecule has 1 saturated heterocycles. The highest BCUT2D eigenvalue weighted by molar-refractivity contribution is 7.86. The summed E-state index contributed by atoms with van der Waals surface area (Å²) >= 11 is 0. The zero-order valence-electron chi connectivity index (χ0n) is 11.2. The predicted octanol–water partition coefficient (Wildman–Crippen LogP) is 2.08. The number of rotatable bonds is 8. The third-order valence-corrected chi connectivity index (χ3v) is 5.14. The molecule has 0 amide bonds. The van der Waals surface area contributed by atoms with Gasteiger partial charge in [0.1, 0.15) is 5.75 Å². The van der Waals surface area contributed by atoms with E-state index in [-0.39, 0.29) is 25.6 Å². The lowest BCUT2D eigenvalue weighted by Crippen LogP contribution is -2.32. The Kier molecular flexibility index (Phi) is 6.93. The van der Waals surface area contributed by atoms with E-state index in [0.29, 0.717) is 19.3 Å². The van der Waals surface area contributed by atoms with Gasteiger partial charge in [0, 0.05) is 6.42 Å². The number of hydrogen-bond donors (Lipinski definition) is 0. The van der Waals surface area contributed by atoms with Gasteiger partial charge in [0.05, 0.1) is 25.9 Å². The van der Waals surface area contributed by atoms with E-state index >= 15 is 0 Å². The van der Waals surface area contributed by atoms with Gasteiger partial charge in [0.2, 0.25) is 0 Å². The first kappa shape index (κ1) is 17.1. The van der Waals surface area contributed by atoms with Crippen LogP contribution in [0.2, 0.25) is 0 Å². The van der Waals surface area contributed by atoms with Crippen LogP contribution in [0.15, 0.2) is 0 Å². The highest BCUT2D eigenvalue weighted by Gasteiger charge is 2.35. The van der Waals surface area contributed by atoms with E-state index in [4.69, 9.17) is 13.6 Å². The molecular formula is C10H21O7PS. The van der Waals surface area contributed by atoms with Crippen molar-refractivity contribution in [1.82, 2.24) is 0 Å². The zero-order valence-corrected chi connectivity index (χ0v) is 13.0. The van der Waals surface area contributed by atoms with Crippen LogP contribution in [0, 0.1) is 0 Å². The molecular weight excluding hydrogens is 295 g/mol. The van der Waals surface area contributed by atoms with Gasteiger partial charge in [-0.2, -0.15) is 8.42 Å². The van der Waals surface area contributed by atoms with E-state index in [1.165, 1.54) is 0 Å². The summed E-state index contributed by atoms with van der Waals surface area (Å²) in [6.45, 7) is 4.22. The molecule has 0 spiro atoms. The highest BCUT2D eigenvalue weighted by Crippen LogP contribution is 2.51. The monoisotopic (exact) mass is 316 g/mol. The minimum atomic E-state index is -3.70. The van der Waals surface area contributed by atoms with E-state index in [9.17, 15) is 13.0 Å². The van der Waals surface area contributed by atoms with Crippen molar-refractivity contribution >= 4 is 17.9 Å². The quantitative estimate of drug-likeness (QED) is 0.500. The molecule has 0 aromatic rings. The molecule has 1 atom stereocenters. The van der Waals surface area contributed by atoms with E-state index < -0.39 is 24.0 Å². The molecule has 1 heterocycles. The van der Waals surface area contributed by atoms with Crippen LogP contribution in [0.25, 0.3) is 0 Å². The van der Waals surface area contributed by atoms with Crippen molar-refractivity contribution in [2.45, 2.75) is 39.2 Å². The standard InChI is InChI=1S/C10H21O7PS/c1-3-6-14-18(11,15-7-4-2)17-10-5-8-16-19(12,13)9-10/h10H,3-9H2,1-2H3. The Morgan fingerprint density at radius 2 is 1.79 bits per heavy atom. The van der Waals surface area contributed by atoms with E-state index in [2.05, 4.69) is 4.18 Å². The fraction of sp³-hybridized carbons (Fsp3) is 1.00. The summed E-state index contributed by atoms with van der Waals surface area (Å²) in [6.07, 6.45) is 0.941. The Hall–Kier alpha value is 0.0200. The number of phosphoric ester groups is 1. The summed E-state index contributed by atoms with van der Waals surface area (Å²) in [5.74, 6) is -0.331. The Labute approximate surface area is 114 Å². The second-order valence-corrected chi connectivity index (χ2v) is 7.48. The average molecular weight is 316 g/mol. The van der Waals surface area contributed by atoms with Crippen LogP contribution in [-0.4, -0.2) is 40.1 Å². The summed E-state index contributed by atoms with van der Waals surface area (Å²) in [6, 6.07) is 0. The fourth-order valence-electron chi connectivity index (χ4n) is 1.44. The Bertz CT molecular complexity index is 396. The van der Waals surface area contributed by atoms with Gasteiger partial charge < -0.3 is 0 Å². The molecule has 9 heteroatoms. The van der Waals surface area contributed by atoms with Gasteiger partial charge in [0.15, 0.2) is 0 Å². The maximum atomic E-state index is 12.3. The molecule has 0 radical (unpaired) electrons. The number of hydrogen-bond acceptors (Lipinski definition) is 7. The molecule has 0 bridgehead atoms. The Balaban J connectivity index is 2.62. The topological polar surface area (TPSA) is 88.1 Å². The molecule has 7 nitrogen and oxygen atoms in total. The van der Waals surface area contributed by atoms with Crippen LogP contribution in [0.4, 0.5) is 0 Å². The van der Waals surface area contributed by atoms with Crippen LogP contribution < -0.4 is 0 Å². The molecule has 0 N–H and O–H groups in total. The third kappa shape index (κ3) is 6.33. The SMILES string of the molecule is CCCOP(=O)(OCCC)OC1CCOS(=O)(=O)C1. The lowest BCUT2D eigenvalue weighted by Gasteiger charge is -2.26. The van der Waals surface area contributed by atoms with Crippen LogP contribution in [0.1, 0.15) is 33.1 Å². The van der Waals surface area contributed by atoms with Crippen molar-refractivity contribution in [2.24, 2.45) is 0 Å². The van der Waals surface area contributed by atoms with E-state index in [1.54, 1.807) is 0 Å². The number of phosphoric acid groups is 1.